The van der Waals surface area contributed by atoms with Crippen LogP contribution in [0.4, 0.5) is 0 Å². The summed E-state index contributed by atoms with van der Waals surface area (Å²) in [5, 5.41) is 0. The van der Waals surface area contributed by atoms with E-state index in [9.17, 15) is 8.42 Å². The van der Waals surface area contributed by atoms with Gasteiger partial charge in [0.05, 0.1) is 13.2 Å². The lowest BCUT2D eigenvalue weighted by molar-refractivity contribution is 0.0278. The summed E-state index contributed by atoms with van der Waals surface area (Å²) < 4.78 is 38.0. The molecule has 1 aromatic rings. The fourth-order valence-corrected chi connectivity index (χ4v) is 3.92. The van der Waals surface area contributed by atoms with Gasteiger partial charge >= 0.3 is 0 Å². The largest absolute Gasteiger partial charge is 0.495 e. The summed E-state index contributed by atoms with van der Waals surface area (Å²) in [4.78, 5) is 0.172. The van der Waals surface area contributed by atoms with Gasteiger partial charge in [-0.15, -0.1) is 0 Å². The number of para-hydroxylation sites is 1. The van der Waals surface area contributed by atoms with E-state index < -0.39 is 10.0 Å². The van der Waals surface area contributed by atoms with Crippen LogP contribution in [0.5, 0.6) is 5.75 Å². The van der Waals surface area contributed by atoms with E-state index in [4.69, 9.17) is 9.47 Å². The highest BCUT2D eigenvalue weighted by molar-refractivity contribution is 7.89. The van der Waals surface area contributed by atoms with E-state index in [2.05, 4.69) is 4.72 Å². The topological polar surface area (TPSA) is 64.6 Å². The van der Waals surface area contributed by atoms with Crippen LogP contribution in [0.3, 0.4) is 0 Å². The summed E-state index contributed by atoms with van der Waals surface area (Å²) in [6.45, 7) is 0.964. The highest BCUT2D eigenvalue weighted by atomic mass is 32.2. The number of rotatable bonds is 8. The molecule has 0 radical (unpaired) electrons. The Balaban J connectivity index is 1.75. The maximum atomic E-state index is 12.2. The number of methoxy groups -OCH3 is 1. The lowest BCUT2D eigenvalue weighted by Crippen LogP contribution is -2.26. The highest BCUT2D eigenvalue weighted by Gasteiger charge is 2.18. The average Bonchev–Trinajstić information content (AvgIpc) is 2.55. The van der Waals surface area contributed by atoms with Crippen molar-refractivity contribution in [3.8, 4) is 5.75 Å². The molecule has 1 fully saturated rings. The number of benzene rings is 1. The Labute approximate surface area is 133 Å². The van der Waals surface area contributed by atoms with E-state index in [1.165, 1.54) is 26.4 Å². The zero-order valence-electron chi connectivity index (χ0n) is 13.1. The molecule has 0 spiro atoms. The van der Waals surface area contributed by atoms with Crippen molar-refractivity contribution >= 4 is 10.0 Å². The van der Waals surface area contributed by atoms with Crippen molar-refractivity contribution in [2.75, 3.05) is 20.3 Å². The molecule has 0 heterocycles. The maximum absolute atomic E-state index is 12.2. The molecule has 0 bridgehead atoms. The minimum atomic E-state index is -3.54. The standard InChI is InChI=1S/C16H25NO4S/c1-20-15-10-5-6-11-16(15)22(18,19)17-12-7-13-21-14-8-3-2-4-9-14/h5-6,10-11,14,17H,2-4,7-9,12-13H2,1H3. The normalized spacial score (nSPS) is 16.6. The number of ether oxygens (including phenoxy) is 2. The van der Waals surface area contributed by atoms with E-state index in [-0.39, 0.29) is 4.90 Å². The molecule has 124 valence electrons. The Morgan fingerprint density at radius 2 is 1.91 bits per heavy atom. The van der Waals surface area contributed by atoms with E-state index in [1.807, 2.05) is 0 Å². The molecule has 1 aliphatic rings. The molecular formula is C16H25NO4S. The van der Waals surface area contributed by atoms with Crippen LogP contribution in [-0.4, -0.2) is 34.8 Å². The zero-order valence-corrected chi connectivity index (χ0v) is 13.9. The number of nitrogens with one attached hydrogen (secondary N) is 1. The van der Waals surface area contributed by atoms with Crippen LogP contribution >= 0.6 is 0 Å². The molecule has 2 rings (SSSR count). The molecule has 0 aliphatic heterocycles. The SMILES string of the molecule is COc1ccccc1S(=O)(=O)NCCCOC1CCCCC1. The van der Waals surface area contributed by atoms with Crippen molar-refractivity contribution in [2.24, 2.45) is 0 Å². The molecule has 0 aromatic heterocycles. The van der Waals surface area contributed by atoms with Crippen molar-refractivity contribution < 1.29 is 17.9 Å². The first-order chi connectivity index (χ1) is 10.6. The molecule has 0 amide bonds. The molecule has 0 saturated heterocycles. The molecule has 22 heavy (non-hydrogen) atoms. The molecule has 6 heteroatoms. The van der Waals surface area contributed by atoms with E-state index in [0.717, 1.165) is 12.8 Å². The van der Waals surface area contributed by atoms with Crippen molar-refractivity contribution in [2.45, 2.75) is 49.5 Å². The van der Waals surface area contributed by atoms with Gasteiger partial charge in [0.1, 0.15) is 10.6 Å². The Hall–Kier alpha value is -1.11. The van der Waals surface area contributed by atoms with E-state index in [0.29, 0.717) is 31.4 Å². The predicted molar refractivity (Wildman–Crippen MR) is 85.6 cm³/mol. The fourth-order valence-electron chi connectivity index (χ4n) is 2.68. The lowest BCUT2D eigenvalue weighted by Gasteiger charge is -2.21. The van der Waals surface area contributed by atoms with Gasteiger partial charge in [-0.1, -0.05) is 31.4 Å². The van der Waals surface area contributed by atoms with Gasteiger partial charge in [0.2, 0.25) is 10.0 Å². The summed E-state index contributed by atoms with van der Waals surface area (Å²) in [6, 6.07) is 6.61. The summed E-state index contributed by atoms with van der Waals surface area (Å²) >= 11 is 0. The minimum Gasteiger partial charge on any atom is -0.495 e. The van der Waals surface area contributed by atoms with Gasteiger partial charge < -0.3 is 9.47 Å². The second kappa shape index (κ2) is 8.50. The van der Waals surface area contributed by atoms with Crippen molar-refractivity contribution in [1.82, 2.24) is 4.72 Å². The second-order valence-corrected chi connectivity index (χ2v) is 7.27. The molecular weight excluding hydrogens is 302 g/mol. The number of sulfonamides is 1. The number of hydrogen-bond acceptors (Lipinski definition) is 4. The molecule has 1 saturated carbocycles. The predicted octanol–water partition coefficient (Wildman–Crippen LogP) is 2.71. The van der Waals surface area contributed by atoms with Crippen LogP contribution in [0.25, 0.3) is 0 Å². The van der Waals surface area contributed by atoms with Crippen molar-refractivity contribution in [3.63, 3.8) is 0 Å². The van der Waals surface area contributed by atoms with Gasteiger partial charge in [-0.3, -0.25) is 0 Å². The Kier molecular flexibility index (Phi) is 6.67. The van der Waals surface area contributed by atoms with Gasteiger partial charge in [-0.2, -0.15) is 0 Å². The lowest BCUT2D eigenvalue weighted by atomic mass is 9.98. The first-order valence-electron chi connectivity index (χ1n) is 7.88. The fraction of sp³-hybridized carbons (Fsp3) is 0.625. The van der Waals surface area contributed by atoms with Crippen molar-refractivity contribution in [3.05, 3.63) is 24.3 Å². The third-order valence-electron chi connectivity index (χ3n) is 3.88. The quantitative estimate of drug-likeness (QED) is 0.746. The summed E-state index contributed by atoms with van der Waals surface area (Å²) in [7, 11) is -2.07. The molecule has 0 atom stereocenters. The Morgan fingerprint density at radius 3 is 2.64 bits per heavy atom. The molecule has 1 aromatic carbocycles. The summed E-state index contributed by atoms with van der Waals surface area (Å²) in [5.74, 6) is 0.355. The van der Waals surface area contributed by atoms with Gasteiger partial charge in [0.15, 0.2) is 0 Å². The summed E-state index contributed by atoms with van der Waals surface area (Å²) in [5.41, 5.74) is 0. The third kappa shape index (κ3) is 4.97. The third-order valence-corrected chi connectivity index (χ3v) is 5.38. The highest BCUT2D eigenvalue weighted by Crippen LogP contribution is 2.22. The monoisotopic (exact) mass is 327 g/mol. The van der Waals surface area contributed by atoms with Crippen LogP contribution in [0.1, 0.15) is 38.5 Å². The van der Waals surface area contributed by atoms with Crippen LogP contribution in [0, 0.1) is 0 Å². The average molecular weight is 327 g/mol. The number of hydrogen-bond donors (Lipinski definition) is 1. The molecule has 1 N–H and O–H groups in total. The summed E-state index contributed by atoms with van der Waals surface area (Å²) in [6.07, 6.45) is 7.08. The molecule has 1 aliphatic carbocycles. The van der Waals surface area contributed by atoms with Gasteiger partial charge in [-0.05, 0) is 31.4 Å². The molecule has 0 unspecified atom stereocenters. The van der Waals surface area contributed by atoms with Crippen LogP contribution < -0.4 is 9.46 Å². The van der Waals surface area contributed by atoms with Gasteiger partial charge in [0.25, 0.3) is 0 Å². The minimum absolute atomic E-state index is 0.172. The maximum Gasteiger partial charge on any atom is 0.244 e. The van der Waals surface area contributed by atoms with E-state index >= 15 is 0 Å². The molecule has 5 nitrogen and oxygen atoms in total. The Morgan fingerprint density at radius 1 is 1.18 bits per heavy atom. The first-order valence-corrected chi connectivity index (χ1v) is 9.36. The van der Waals surface area contributed by atoms with Crippen LogP contribution in [-0.2, 0) is 14.8 Å². The Bertz CT molecular complexity index is 553. The van der Waals surface area contributed by atoms with Crippen molar-refractivity contribution in [1.29, 1.82) is 0 Å². The first kappa shape index (κ1) is 17.2. The zero-order chi connectivity index (χ0) is 15.8. The van der Waals surface area contributed by atoms with Gasteiger partial charge in [0, 0.05) is 13.2 Å². The smallest absolute Gasteiger partial charge is 0.244 e. The van der Waals surface area contributed by atoms with Crippen LogP contribution in [0.2, 0.25) is 0 Å². The van der Waals surface area contributed by atoms with E-state index in [1.54, 1.807) is 24.3 Å². The second-order valence-electron chi connectivity index (χ2n) is 5.53. The van der Waals surface area contributed by atoms with Gasteiger partial charge in [-0.25, -0.2) is 13.1 Å². The van der Waals surface area contributed by atoms with Crippen LogP contribution in [0.15, 0.2) is 29.2 Å².